The lowest BCUT2D eigenvalue weighted by Crippen LogP contribution is -2.50. The second-order valence-electron chi connectivity index (χ2n) is 7.05. The van der Waals surface area contributed by atoms with E-state index in [0.717, 1.165) is 18.5 Å². The molecule has 1 heterocycles. The Hall–Kier alpha value is -2.35. The van der Waals surface area contributed by atoms with Gasteiger partial charge in [0.05, 0.1) is 11.3 Å². The number of amides is 1. The number of carbonyl (C=O) groups excluding carboxylic acids is 2. The number of anilines is 1. The maximum atomic E-state index is 12.7. The first-order valence-electron chi connectivity index (χ1n) is 9.19. The first-order chi connectivity index (χ1) is 12.1. The van der Waals surface area contributed by atoms with E-state index in [-0.39, 0.29) is 11.7 Å². The van der Waals surface area contributed by atoms with Gasteiger partial charge in [-0.25, -0.2) is 0 Å². The maximum Gasteiger partial charge on any atom is 0.225 e. The van der Waals surface area contributed by atoms with Crippen molar-refractivity contribution in [2.24, 2.45) is 5.92 Å². The molecule has 25 heavy (non-hydrogen) atoms. The van der Waals surface area contributed by atoms with E-state index in [1.807, 2.05) is 4.90 Å². The summed E-state index contributed by atoms with van der Waals surface area (Å²) in [5.74, 6) is 0.505. The summed E-state index contributed by atoms with van der Waals surface area (Å²) in [5, 5.41) is 9.36. The number of hydrogen-bond acceptors (Lipinski definition) is 4. The first-order valence-corrected chi connectivity index (χ1v) is 9.19. The van der Waals surface area contributed by atoms with Crippen molar-refractivity contribution in [3.63, 3.8) is 0 Å². The molecule has 2 fully saturated rings. The summed E-state index contributed by atoms with van der Waals surface area (Å²) in [6.45, 7) is 4.31. The molecule has 1 amide bonds. The van der Waals surface area contributed by atoms with Crippen LogP contribution in [0.25, 0.3) is 0 Å². The second-order valence-corrected chi connectivity index (χ2v) is 7.05. The molecule has 0 N–H and O–H groups in total. The third kappa shape index (κ3) is 3.84. The van der Waals surface area contributed by atoms with Crippen LogP contribution in [0.15, 0.2) is 18.2 Å². The largest absolute Gasteiger partial charge is 0.367 e. The van der Waals surface area contributed by atoms with Crippen LogP contribution < -0.4 is 4.90 Å². The Bertz CT molecular complexity index is 693. The molecule has 0 radical (unpaired) electrons. The Balaban J connectivity index is 1.68. The van der Waals surface area contributed by atoms with E-state index < -0.39 is 0 Å². The predicted molar refractivity (Wildman–Crippen MR) is 96.5 cm³/mol. The van der Waals surface area contributed by atoms with Crippen LogP contribution in [0.1, 0.15) is 54.9 Å². The summed E-state index contributed by atoms with van der Waals surface area (Å²) in [6, 6.07) is 7.43. The molecule has 1 aliphatic carbocycles. The lowest BCUT2D eigenvalue weighted by Gasteiger charge is -2.38. The molecule has 1 saturated carbocycles. The molecule has 1 saturated heterocycles. The molecule has 1 aromatic rings. The number of piperazine rings is 1. The quantitative estimate of drug-likeness (QED) is 0.794. The number of Topliss-reactive ketones (excluding diaryl/α,β-unsaturated/α-hetero) is 1. The van der Waals surface area contributed by atoms with Crippen molar-refractivity contribution < 1.29 is 9.59 Å². The van der Waals surface area contributed by atoms with E-state index in [1.165, 1.54) is 26.2 Å². The summed E-state index contributed by atoms with van der Waals surface area (Å²) in [4.78, 5) is 28.4. The Labute approximate surface area is 149 Å². The average molecular weight is 339 g/mol. The van der Waals surface area contributed by atoms with Crippen LogP contribution in [0.3, 0.4) is 0 Å². The van der Waals surface area contributed by atoms with E-state index in [0.29, 0.717) is 43.2 Å². The number of rotatable bonds is 3. The van der Waals surface area contributed by atoms with Crippen LogP contribution in [0.5, 0.6) is 0 Å². The van der Waals surface area contributed by atoms with E-state index in [2.05, 4.69) is 11.0 Å². The highest BCUT2D eigenvalue weighted by Crippen LogP contribution is 2.27. The number of ketones is 1. The summed E-state index contributed by atoms with van der Waals surface area (Å²) in [5.41, 5.74) is 2.01. The molecular weight excluding hydrogens is 314 g/mol. The van der Waals surface area contributed by atoms with Gasteiger partial charge in [-0.15, -0.1) is 0 Å². The van der Waals surface area contributed by atoms with Crippen molar-refractivity contribution in [1.29, 1.82) is 5.26 Å². The van der Waals surface area contributed by atoms with E-state index in [9.17, 15) is 14.9 Å². The summed E-state index contributed by atoms with van der Waals surface area (Å²) in [7, 11) is 0. The third-order valence-electron chi connectivity index (χ3n) is 5.41. The molecule has 3 rings (SSSR count). The van der Waals surface area contributed by atoms with Gasteiger partial charge in [-0.2, -0.15) is 5.26 Å². The molecular formula is C20H25N3O2. The Morgan fingerprint density at radius 3 is 2.36 bits per heavy atom. The minimum atomic E-state index is -0.00291. The highest BCUT2D eigenvalue weighted by Gasteiger charge is 2.29. The normalized spacial score (nSPS) is 18.7. The topological polar surface area (TPSA) is 64.4 Å². The van der Waals surface area contributed by atoms with Crippen LogP contribution in [0.4, 0.5) is 5.69 Å². The van der Waals surface area contributed by atoms with Gasteiger partial charge in [0.15, 0.2) is 5.78 Å². The van der Waals surface area contributed by atoms with Crippen molar-refractivity contribution >= 4 is 17.4 Å². The minimum Gasteiger partial charge on any atom is -0.367 e. The molecule has 0 aromatic heterocycles. The standard InChI is InChI=1S/C20H25N3O2/c1-15(24)17-7-8-18(14-21)19(13-17)22-9-11-23(12-10-22)20(25)16-5-3-2-4-6-16/h7-8,13,16H,2-6,9-12H2,1H3. The Kier molecular flexibility index (Phi) is 5.37. The average Bonchev–Trinajstić information content (AvgIpc) is 2.67. The number of nitriles is 1. The van der Waals surface area contributed by atoms with Crippen molar-refractivity contribution in [2.75, 3.05) is 31.1 Å². The molecule has 0 atom stereocenters. The van der Waals surface area contributed by atoms with Crippen LogP contribution in [-0.2, 0) is 4.79 Å². The fourth-order valence-electron chi connectivity index (χ4n) is 3.88. The fourth-order valence-corrected chi connectivity index (χ4v) is 3.88. The van der Waals surface area contributed by atoms with Gasteiger partial charge < -0.3 is 9.80 Å². The molecule has 5 heteroatoms. The van der Waals surface area contributed by atoms with Crippen LogP contribution in [0, 0.1) is 17.2 Å². The molecule has 1 aliphatic heterocycles. The van der Waals surface area contributed by atoms with Gasteiger partial charge in [-0.1, -0.05) is 19.3 Å². The molecule has 0 spiro atoms. The zero-order valence-corrected chi connectivity index (χ0v) is 14.8. The summed E-state index contributed by atoms with van der Waals surface area (Å²) < 4.78 is 0. The molecule has 1 aromatic carbocycles. The molecule has 2 aliphatic rings. The van der Waals surface area contributed by atoms with Crippen molar-refractivity contribution in [1.82, 2.24) is 4.90 Å². The SMILES string of the molecule is CC(=O)c1ccc(C#N)c(N2CCN(C(=O)C3CCCCC3)CC2)c1. The zero-order chi connectivity index (χ0) is 17.8. The summed E-state index contributed by atoms with van der Waals surface area (Å²) >= 11 is 0. The van der Waals surface area contributed by atoms with Gasteiger partial charge in [-0.3, -0.25) is 9.59 Å². The number of benzene rings is 1. The van der Waals surface area contributed by atoms with Crippen molar-refractivity contribution in [2.45, 2.75) is 39.0 Å². The highest BCUT2D eigenvalue weighted by atomic mass is 16.2. The fraction of sp³-hybridized carbons (Fsp3) is 0.550. The predicted octanol–water partition coefficient (Wildman–Crippen LogP) is 2.99. The first kappa shape index (κ1) is 17.5. The minimum absolute atomic E-state index is 0.00291. The number of carbonyl (C=O) groups is 2. The molecule has 0 bridgehead atoms. The lowest BCUT2D eigenvalue weighted by molar-refractivity contribution is -0.136. The summed E-state index contributed by atoms with van der Waals surface area (Å²) in [6.07, 6.45) is 5.64. The molecule has 5 nitrogen and oxygen atoms in total. The van der Waals surface area contributed by atoms with Gasteiger partial charge in [-0.05, 0) is 38.0 Å². The lowest BCUT2D eigenvalue weighted by atomic mass is 9.88. The Morgan fingerprint density at radius 2 is 1.76 bits per heavy atom. The van der Waals surface area contributed by atoms with E-state index in [4.69, 9.17) is 0 Å². The van der Waals surface area contributed by atoms with E-state index in [1.54, 1.807) is 18.2 Å². The van der Waals surface area contributed by atoms with Crippen LogP contribution >= 0.6 is 0 Å². The van der Waals surface area contributed by atoms with Gasteiger partial charge in [0.2, 0.25) is 5.91 Å². The van der Waals surface area contributed by atoms with Crippen LogP contribution in [0.2, 0.25) is 0 Å². The van der Waals surface area contributed by atoms with Crippen LogP contribution in [-0.4, -0.2) is 42.8 Å². The van der Waals surface area contributed by atoms with Gasteiger partial charge in [0.1, 0.15) is 6.07 Å². The smallest absolute Gasteiger partial charge is 0.225 e. The van der Waals surface area contributed by atoms with Gasteiger partial charge in [0.25, 0.3) is 0 Å². The molecule has 132 valence electrons. The van der Waals surface area contributed by atoms with Gasteiger partial charge in [0, 0.05) is 37.7 Å². The highest BCUT2D eigenvalue weighted by molar-refractivity contribution is 5.95. The Morgan fingerprint density at radius 1 is 1.08 bits per heavy atom. The van der Waals surface area contributed by atoms with Crippen molar-refractivity contribution in [3.05, 3.63) is 29.3 Å². The van der Waals surface area contributed by atoms with Gasteiger partial charge >= 0.3 is 0 Å². The third-order valence-corrected chi connectivity index (χ3v) is 5.41. The number of hydrogen-bond donors (Lipinski definition) is 0. The monoisotopic (exact) mass is 339 g/mol. The van der Waals surface area contributed by atoms with E-state index >= 15 is 0 Å². The zero-order valence-electron chi connectivity index (χ0n) is 14.8. The maximum absolute atomic E-state index is 12.7. The second kappa shape index (κ2) is 7.69. The number of nitrogens with zero attached hydrogens (tertiary/aromatic N) is 3. The van der Waals surface area contributed by atoms with Crippen molar-refractivity contribution in [3.8, 4) is 6.07 Å². The molecule has 0 unspecified atom stereocenters.